The van der Waals surface area contributed by atoms with E-state index in [0.29, 0.717) is 6.92 Å². The van der Waals surface area contributed by atoms with Gasteiger partial charge in [0.2, 0.25) is 0 Å². The van der Waals surface area contributed by atoms with Gasteiger partial charge < -0.3 is 46.6 Å². The largest absolute Gasteiger partial charge is 0.507 e. The summed E-state index contributed by atoms with van der Waals surface area (Å²) in [4.78, 5) is 76.0. The highest BCUT2D eigenvalue weighted by Gasteiger charge is 2.30. The standard InChI is InChI=1S/C21H15F4NO4S.C19H13F2NO4S.C18H12F2N2O4S/c1-9-3-5-11(17(23)16(9)22)13-8-31-19(15(13)20(29)30)26-18(28)12-6-4-10(7-14(12)27)21(2,24)25;1-9-6-7-10(16(21)15(9)20)12-8-27-18(14(12)19(25)26)22-17(24)11-4-2-3-5-13(11)23;1-8-4-5-9(14(20)13(8)19)10-7-27-17(12(10)18(25)26)22-16(24)15-11(23)3-2-6-21-15/h3-8,27H,1-2H3,(H,26,28)(H,29,30);2-8,23H,1H3,(H,22,24)(H,25,26);2-7,23H,1H3,(H,22,24)(H,25,26). The maximum atomic E-state index is 14.4. The molecule has 4 heterocycles. The van der Waals surface area contributed by atoms with Gasteiger partial charge in [-0.05, 0) is 73.9 Å². The van der Waals surface area contributed by atoms with Crippen molar-refractivity contribution >= 4 is 84.6 Å². The maximum Gasteiger partial charge on any atom is 0.339 e. The molecule has 0 aliphatic carbocycles. The van der Waals surface area contributed by atoms with Gasteiger partial charge in [-0.15, -0.1) is 34.0 Å². The molecule has 27 heteroatoms. The first kappa shape index (κ1) is 62.6. The first-order valence-electron chi connectivity index (χ1n) is 24.0. The van der Waals surface area contributed by atoms with Crippen LogP contribution in [0.3, 0.4) is 0 Å². The van der Waals surface area contributed by atoms with Crippen LogP contribution in [0.4, 0.5) is 50.1 Å². The number of amides is 3. The molecule has 9 N–H and O–H groups in total. The van der Waals surface area contributed by atoms with Gasteiger partial charge >= 0.3 is 17.9 Å². The van der Waals surface area contributed by atoms with Crippen molar-refractivity contribution in [2.24, 2.45) is 0 Å². The number of para-hydroxylation sites is 1. The Balaban J connectivity index is 0.000000183. The summed E-state index contributed by atoms with van der Waals surface area (Å²) in [6, 6.07) is 18.9. The lowest BCUT2D eigenvalue weighted by molar-refractivity contribution is 0.0171. The first-order chi connectivity index (χ1) is 40.0. The number of carboxylic acid groups (broad SMARTS) is 3. The van der Waals surface area contributed by atoms with Gasteiger partial charge in [0.05, 0.1) is 11.1 Å². The number of hydrogen-bond donors (Lipinski definition) is 9. The fourth-order valence-electron chi connectivity index (χ4n) is 7.88. The molecule has 9 aromatic rings. The molecule has 9 rings (SSSR count). The summed E-state index contributed by atoms with van der Waals surface area (Å²) in [5.74, 6) is -18.3. The van der Waals surface area contributed by atoms with Crippen molar-refractivity contribution in [3.63, 3.8) is 0 Å². The number of nitrogens with zero attached hydrogens (tertiary/aromatic N) is 1. The third-order valence-electron chi connectivity index (χ3n) is 12.3. The molecule has 5 aromatic carbocycles. The Bertz CT molecular complexity index is 3990. The Morgan fingerprint density at radius 3 is 1.16 bits per heavy atom. The molecule has 4 aromatic heterocycles. The van der Waals surface area contributed by atoms with E-state index < -0.39 is 93.3 Å². The number of phenolic OH excluding ortho intramolecular Hbond substituents is 2. The van der Waals surface area contributed by atoms with Crippen molar-refractivity contribution in [2.75, 3.05) is 16.0 Å². The summed E-state index contributed by atoms with van der Waals surface area (Å²) in [7, 11) is 0. The number of anilines is 3. The summed E-state index contributed by atoms with van der Waals surface area (Å²) in [6.07, 6.45) is 1.29. The fraction of sp³-hybridized carbons (Fsp3) is 0.0862. The zero-order chi connectivity index (χ0) is 62.5. The van der Waals surface area contributed by atoms with E-state index in [4.69, 9.17) is 0 Å². The Labute approximate surface area is 486 Å². The molecule has 438 valence electrons. The monoisotopic (exact) mass is 1230 g/mol. The molecule has 3 amide bonds. The number of carboxylic acids is 3. The zero-order valence-electron chi connectivity index (χ0n) is 43.8. The fourth-order valence-corrected chi connectivity index (χ4v) is 10.7. The number of aromatic carboxylic acids is 3. The van der Waals surface area contributed by atoms with Gasteiger partial charge in [-0.3, -0.25) is 14.4 Å². The van der Waals surface area contributed by atoms with Crippen molar-refractivity contribution in [1.29, 1.82) is 0 Å². The third-order valence-corrected chi connectivity index (χ3v) is 15.0. The van der Waals surface area contributed by atoms with Crippen LogP contribution in [0.5, 0.6) is 17.2 Å². The number of pyridine rings is 1. The van der Waals surface area contributed by atoms with Gasteiger partial charge in [0.25, 0.3) is 23.6 Å². The van der Waals surface area contributed by atoms with Crippen LogP contribution in [-0.4, -0.2) is 71.3 Å². The topological polar surface area (TPSA) is 273 Å². The van der Waals surface area contributed by atoms with Gasteiger partial charge in [0.15, 0.2) is 40.6 Å². The lowest BCUT2D eigenvalue weighted by Gasteiger charge is -2.13. The highest BCUT2D eigenvalue weighted by molar-refractivity contribution is 7.16. The maximum absolute atomic E-state index is 14.4. The van der Waals surface area contributed by atoms with E-state index in [-0.39, 0.29) is 105 Å². The van der Waals surface area contributed by atoms with E-state index in [1.165, 1.54) is 116 Å². The van der Waals surface area contributed by atoms with E-state index in [0.717, 1.165) is 52.2 Å². The highest BCUT2D eigenvalue weighted by Crippen LogP contribution is 2.42. The van der Waals surface area contributed by atoms with Gasteiger partial charge in [-0.1, -0.05) is 54.6 Å². The summed E-state index contributed by atoms with van der Waals surface area (Å²) in [6.45, 7) is 4.76. The number of aromatic hydroxyl groups is 3. The number of aryl methyl sites for hydroxylation is 3. The van der Waals surface area contributed by atoms with Crippen molar-refractivity contribution in [3.8, 4) is 50.6 Å². The molecule has 0 spiro atoms. The second kappa shape index (κ2) is 25.7. The molecular formula is C58H40F8N4O12S3. The van der Waals surface area contributed by atoms with E-state index in [2.05, 4.69) is 20.9 Å². The normalized spacial score (nSPS) is 10.9. The second-order valence-electron chi connectivity index (χ2n) is 18.0. The van der Waals surface area contributed by atoms with Gasteiger partial charge in [-0.25, -0.2) is 54.5 Å². The minimum atomic E-state index is -3.24. The minimum absolute atomic E-state index is 0.0402. The van der Waals surface area contributed by atoms with Crippen molar-refractivity contribution in [1.82, 2.24) is 4.98 Å². The second-order valence-corrected chi connectivity index (χ2v) is 20.7. The number of carbonyl (C=O) groups excluding carboxylic acids is 3. The van der Waals surface area contributed by atoms with Gasteiger partial charge in [0.1, 0.15) is 48.9 Å². The van der Waals surface area contributed by atoms with Crippen LogP contribution in [-0.2, 0) is 5.92 Å². The number of benzene rings is 5. The number of halogens is 8. The third kappa shape index (κ3) is 13.4. The molecular weight excluding hydrogens is 1190 g/mol. The Kier molecular flexibility index (Phi) is 18.9. The quantitative estimate of drug-likeness (QED) is 0.0487. The van der Waals surface area contributed by atoms with Crippen LogP contribution >= 0.6 is 34.0 Å². The van der Waals surface area contributed by atoms with Crippen molar-refractivity contribution in [2.45, 2.75) is 33.6 Å². The molecule has 0 bridgehead atoms. The van der Waals surface area contributed by atoms with E-state index in [1.807, 2.05) is 0 Å². The van der Waals surface area contributed by atoms with Crippen LogP contribution in [0.15, 0.2) is 113 Å². The van der Waals surface area contributed by atoms with Crippen LogP contribution < -0.4 is 16.0 Å². The van der Waals surface area contributed by atoms with Crippen molar-refractivity contribution < 1.29 is 94.5 Å². The average Bonchev–Trinajstić information content (AvgIpc) is 3.84. The molecule has 0 saturated carbocycles. The highest BCUT2D eigenvalue weighted by atomic mass is 32.1. The first-order valence-corrected chi connectivity index (χ1v) is 26.6. The number of rotatable bonds is 13. The molecule has 0 aliphatic heterocycles. The van der Waals surface area contributed by atoms with Crippen LogP contribution in [0.2, 0.25) is 0 Å². The van der Waals surface area contributed by atoms with E-state index in [9.17, 15) is 94.5 Å². The number of nitrogens with one attached hydrogen (secondary N) is 3. The van der Waals surface area contributed by atoms with E-state index in [1.54, 1.807) is 0 Å². The Hall–Kier alpha value is -9.99. The molecule has 85 heavy (non-hydrogen) atoms. The summed E-state index contributed by atoms with van der Waals surface area (Å²) < 4.78 is 111. The molecule has 16 nitrogen and oxygen atoms in total. The minimum Gasteiger partial charge on any atom is -0.507 e. The molecule has 0 aliphatic rings. The molecule has 0 unspecified atom stereocenters. The van der Waals surface area contributed by atoms with E-state index >= 15 is 0 Å². The number of hydrogen-bond acceptors (Lipinski definition) is 13. The number of carbonyl (C=O) groups is 6. The molecule has 0 saturated heterocycles. The lowest BCUT2D eigenvalue weighted by Crippen LogP contribution is -2.15. The molecule has 0 radical (unpaired) electrons. The van der Waals surface area contributed by atoms with Crippen molar-refractivity contribution in [3.05, 3.63) is 204 Å². The predicted octanol–water partition coefficient (Wildman–Crippen LogP) is 14.5. The molecule has 0 fully saturated rings. The Morgan fingerprint density at radius 2 is 0.812 bits per heavy atom. The molecule has 0 atom stereocenters. The summed E-state index contributed by atoms with van der Waals surface area (Å²) >= 11 is 2.45. The smallest absolute Gasteiger partial charge is 0.339 e. The summed E-state index contributed by atoms with van der Waals surface area (Å²) in [5, 5.41) is 68.6. The number of thiophene rings is 3. The number of phenols is 2. The van der Waals surface area contributed by atoms with Crippen LogP contribution in [0.25, 0.3) is 33.4 Å². The number of aromatic nitrogens is 1. The number of alkyl halides is 2. The van der Waals surface area contributed by atoms with Crippen LogP contribution in [0, 0.1) is 55.7 Å². The Morgan fingerprint density at radius 1 is 0.447 bits per heavy atom. The average molecular weight is 1230 g/mol. The van der Waals surface area contributed by atoms with Crippen LogP contribution in [0.1, 0.15) is 91.5 Å². The lowest BCUT2D eigenvalue weighted by atomic mass is 10.0. The predicted molar refractivity (Wildman–Crippen MR) is 300 cm³/mol. The SMILES string of the molecule is Cc1ccc(-c2csc(NC(=O)c3ccc(C(C)(F)F)cc3O)c2C(=O)O)c(F)c1F.Cc1ccc(-c2csc(NC(=O)c3ccccc3O)c2C(=O)O)c(F)c1F.Cc1ccc(-c2csc(NC(=O)c3ncccc3O)c2C(=O)O)c(F)c1F. The van der Waals surface area contributed by atoms with Gasteiger partial charge in [-0.2, -0.15) is 0 Å². The summed E-state index contributed by atoms with van der Waals surface area (Å²) in [5.41, 5.74) is -3.21. The van der Waals surface area contributed by atoms with Gasteiger partial charge in [0, 0.05) is 68.2 Å². The zero-order valence-corrected chi connectivity index (χ0v) is 46.2.